The van der Waals surface area contributed by atoms with E-state index >= 15 is 0 Å². The summed E-state index contributed by atoms with van der Waals surface area (Å²) in [5, 5.41) is 7.92. The highest BCUT2D eigenvalue weighted by molar-refractivity contribution is 6.13. The van der Waals surface area contributed by atoms with Crippen molar-refractivity contribution in [3.63, 3.8) is 0 Å². The minimum Gasteiger partial charge on any atom is -0.304 e. The molecule has 1 aliphatic rings. The summed E-state index contributed by atoms with van der Waals surface area (Å²) in [6.07, 6.45) is 0. The van der Waals surface area contributed by atoms with Gasteiger partial charge < -0.3 is 4.90 Å². The van der Waals surface area contributed by atoms with Gasteiger partial charge in [-0.15, -0.1) is 0 Å². The van der Waals surface area contributed by atoms with E-state index < -0.39 is 0 Å². The molecule has 5 aromatic carbocycles. The molecular formula is C48H57N3. The van der Waals surface area contributed by atoms with Gasteiger partial charge in [-0.3, -0.25) is 0 Å². The zero-order valence-corrected chi connectivity index (χ0v) is 33.0. The van der Waals surface area contributed by atoms with Crippen LogP contribution in [0.1, 0.15) is 111 Å². The quantitative estimate of drug-likeness (QED) is 0.185. The number of para-hydroxylation sites is 1. The number of hydrogen-bond acceptors (Lipinski definition) is 3. The van der Waals surface area contributed by atoms with E-state index in [0.29, 0.717) is 6.67 Å². The molecule has 0 radical (unpaired) electrons. The van der Waals surface area contributed by atoms with Crippen LogP contribution >= 0.6 is 0 Å². The Morgan fingerprint density at radius 3 is 1.22 bits per heavy atom. The molecule has 0 unspecified atom stereocenters. The van der Waals surface area contributed by atoms with E-state index in [0.717, 1.165) is 17.1 Å². The molecule has 0 N–H and O–H groups in total. The van der Waals surface area contributed by atoms with E-state index in [1.54, 1.807) is 0 Å². The Hall–Kier alpha value is -4.63. The summed E-state index contributed by atoms with van der Waals surface area (Å²) in [5.74, 6) is 0.972. The van der Waals surface area contributed by atoms with Gasteiger partial charge in [0.25, 0.3) is 0 Å². The highest BCUT2D eigenvalue weighted by atomic mass is 15.6. The second-order valence-corrected chi connectivity index (χ2v) is 18.4. The maximum absolute atomic E-state index is 5.66. The predicted molar refractivity (Wildman–Crippen MR) is 221 cm³/mol. The maximum atomic E-state index is 5.66. The second-order valence-electron chi connectivity index (χ2n) is 18.4. The average molecular weight is 676 g/mol. The summed E-state index contributed by atoms with van der Waals surface area (Å²) < 4.78 is 0. The van der Waals surface area contributed by atoms with Gasteiger partial charge in [-0.2, -0.15) is 5.10 Å². The molecule has 3 nitrogen and oxygen atoms in total. The lowest BCUT2D eigenvalue weighted by molar-refractivity contribution is 0.567. The number of rotatable bonds is 5. The third kappa shape index (κ3) is 7.69. The Balaban J connectivity index is 1.66. The van der Waals surface area contributed by atoms with Crippen LogP contribution in [0.4, 0.5) is 11.4 Å². The fourth-order valence-electron chi connectivity index (χ4n) is 6.72. The summed E-state index contributed by atoms with van der Waals surface area (Å²) in [4.78, 5) is 2.45. The van der Waals surface area contributed by atoms with Gasteiger partial charge in [0.1, 0.15) is 6.67 Å². The maximum Gasteiger partial charge on any atom is 0.162 e. The van der Waals surface area contributed by atoms with Crippen molar-refractivity contribution in [1.29, 1.82) is 0 Å². The van der Waals surface area contributed by atoms with E-state index in [4.69, 9.17) is 5.10 Å². The van der Waals surface area contributed by atoms with Gasteiger partial charge in [0, 0.05) is 22.4 Å². The van der Waals surface area contributed by atoms with E-state index in [2.05, 4.69) is 208 Å². The van der Waals surface area contributed by atoms with Crippen molar-refractivity contribution in [3.05, 3.63) is 143 Å². The van der Waals surface area contributed by atoms with Gasteiger partial charge >= 0.3 is 0 Å². The minimum absolute atomic E-state index is 0.0152. The predicted octanol–water partition coefficient (Wildman–Crippen LogP) is 12.9. The Bertz CT molecular complexity index is 1920. The largest absolute Gasteiger partial charge is 0.304 e. The number of nitrogens with zero attached hydrogens (tertiary/aromatic N) is 3. The highest BCUT2D eigenvalue weighted by Crippen LogP contribution is 2.43. The number of hydrogen-bond donors (Lipinski definition) is 0. The molecule has 1 heterocycles. The lowest BCUT2D eigenvalue weighted by atomic mass is 9.79. The molecule has 1 aliphatic heterocycles. The van der Waals surface area contributed by atoms with Crippen molar-refractivity contribution >= 4 is 17.2 Å². The molecule has 0 fully saturated rings. The van der Waals surface area contributed by atoms with E-state index in [1.165, 1.54) is 50.2 Å². The topological polar surface area (TPSA) is 18.8 Å². The van der Waals surface area contributed by atoms with Crippen molar-refractivity contribution < 1.29 is 0 Å². The van der Waals surface area contributed by atoms with Crippen molar-refractivity contribution in [1.82, 2.24) is 0 Å². The Kier molecular flexibility index (Phi) is 9.34. The molecule has 0 atom stereocenters. The lowest BCUT2D eigenvalue weighted by Gasteiger charge is -2.31. The Labute approximate surface area is 308 Å². The van der Waals surface area contributed by atoms with Gasteiger partial charge in [-0.05, 0) is 79.3 Å². The van der Waals surface area contributed by atoms with Crippen LogP contribution < -0.4 is 9.91 Å². The molecule has 264 valence electrons. The number of hydrazone groups is 1. The van der Waals surface area contributed by atoms with Crippen LogP contribution in [0.15, 0.2) is 120 Å². The molecular weight excluding hydrogens is 619 g/mol. The molecule has 0 saturated heterocycles. The zero-order valence-electron chi connectivity index (χ0n) is 33.0. The van der Waals surface area contributed by atoms with Crippen LogP contribution in [0.25, 0.3) is 22.3 Å². The summed E-state index contributed by atoms with van der Waals surface area (Å²) in [5.41, 5.74) is 13.3. The Morgan fingerprint density at radius 2 is 0.824 bits per heavy atom. The van der Waals surface area contributed by atoms with E-state index in [9.17, 15) is 0 Å². The molecule has 0 saturated carbocycles. The molecule has 6 rings (SSSR count). The van der Waals surface area contributed by atoms with Crippen LogP contribution in [0.3, 0.4) is 0 Å². The van der Waals surface area contributed by atoms with E-state index in [-0.39, 0.29) is 21.7 Å². The lowest BCUT2D eigenvalue weighted by Crippen LogP contribution is -2.33. The van der Waals surface area contributed by atoms with Crippen molar-refractivity contribution in [2.24, 2.45) is 5.10 Å². The smallest absolute Gasteiger partial charge is 0.162 e. The molecule has 0 amide bonds. The highest BCUT2D eigenvalue weighted by Gasteiger charge is 2.33. The second kappa shape index (κ2) is 13.2. The first-order valence-electron chi connectivity index (χ1n) is 18.5. The fourth-order valence-corrected chi connectivity index (χ4v) is 6.72. The molecule has 51 heavy (non-hydrogen) atoms. The zero-order chi connectivity index (χ0) is 36.9. The number of amidine groups is 1. The number of benzene rings is 5. The molecule has 3 heteroatoms. The first kappa shape index (κ1) is 36.2. The summed E-state index contributed by atoms with van der Waals surface area (Å²) in [6, 6.07) is 42.5. The van der Waals surface area contributed by atoms with Gasteiger partial charge in [-0.1, -0.05) is 174 Å². The van der Waals surface area contributed by atoms with Crippen molar-refractivity contribution in [2.45, 2.75) is 105 Å². The van der Waals surface area contributed by atoms with Crippen LogP contribution in [-0.4, -0.2) is 12.5 Å². The minimum atomic E-state index is -0.0222. The molecule has 0 spiro atoms. The summed E-state index contributed by atoms with van der Waals surface area (Å²) >= 11 is 0. The van der Waals surface area contributed by atoms with Crippen LogP contribution in [0.2, 0.25) is 0 Å². The van der Waals surface area contributed by atoms with E-state index in [1.807, 2.05) is 0 Å². The normalized spacial score (nSPS) is 14.2. The van der Waals surface area contributed by atoms with Crippen molar-refractivity contribution in [3.8, 4) is 22.3 Å². The SMILES string of the molecule is CC(C)(C)c1cc(C2=NN(c3c(-c4ccccc4)cccc3-c3ccccc3)CN2c2cc(C(C)(C)C)cc(C(C)(C)C)c2)cc(C(C)(C)C)c1. The van der Waals surface area contributed by atoms with Crippen molar-refractivity contribution in [2.75, 3.05) is 16.6 Å². The van der Waals surface area contributed by atoms with Gasteiger partial charge in [0.05, 0.1) is 5.69 Å². The van der Waals surface area contributed by atoms with Crippen LogP contribution in [0, 0.1) is 0 Å². The van der Waals surface area contributed by atoms with Crippen LogP contribution in [-0.2, 0) is 21.7 Å². The molecule has 0 bridgehead atoms. The molecule has 0 aliphatic carbocycles. The third-order valence-corrected chi connectivity index (χ3v) is 10.1. The summed E-state index contributed by atoms with van der Waals surface area (Å²) in [6.45, 7) is 28.3. The first-order valence-corrected chi connectivity index (χ1v) is 18.5. The number of anilines is 2. The Morgan fingerprint density at radius 1 is 0.431 bits per heavy atom. The van der Waals surface area contributed by atoms with Gasteiger partial charge in [-0.25, -0.2) is 5.01 Å². The van der Waals surface area contributed by atoms with Gasteiger partial charge in [0.15, 0.2) is 5.84 Å². The monoisotopic (exact) mass is 675 g/mol. The fraction of sp³-hybridized carbons (Fsp3) is 0.354. The first-order chi connectivity index (χ1) is 23.8. The van der Waals surface area contributed by atoms with Gasteiger partial charge in [0.2, 0.25) is 0 Å². The third-order valence-electron chi connectivity index (χ3n) is 10.1. The van der Waals surface area contributed by atoms with Crippen LogP contribution in [0.5, 0.6) is 0 Å². The molecule has 5 aromatic rings. The summed E-state index contributed by atoms with van der Waals surface area (Å²) in [7, 11) is 0. The average Bonchev–Trinajstić information content (AvgIpc) is 3.52. The molecule has 0 aromatic heterocycles. The standard InChI is InChI=1S/C48H57N3/c1-45(2,3)36-26-35(27-37(28-36)46(4,5)6)44-49-51(32-50(44)40-30-38(47(7,8)9)29-39(31-40)48(10,11)12)43-41(33-20-15-13-16-21-33)24-19-25-42(43)34-22-17-14-18-23-34/h13-31H,32H2,1-12H3.